The molecule has 154 valence electrons. The minimum Gasteiger partial charge on any atom is -0.469 e. The number of hydrogen-bond acceptors (Lipinski definition) is 4. The largest absolute Gasteiger partial charge is 0.469 e. The maximum absolute atomic E-state index is 13.3. The molecule has 1 aliphatic carbocycles. The first kappa shape index (κ1) is 20.8. The van der Waals surface area contributed by atoms with Crippen molar-refractivity contribution in [3.63, 3.8) is 0 Å². The van der Waals surface area contributed by atoms with E-state index in [1.54, 1.807) is 0 Å². The Bertz CT molecular complexity index is 870. The van der Waals surface area contributed by atoms with Crippen LogP contribution in [0.2, 0.25) is 0 Å². The van der Waals surface area contributed by atoms with Gasteiger partial charge >= 0.3 is 5.97 Å². The summed E-state index contributed by atoms with van der Waals surface area (Å²) in [5, 5.41) is 2.70. The minimum absolute atomic E-state index is 0.0495. The Kier molecular flexibility index (Phi) is 6.86. The number of aryl methyl sites for hydroxylation is 1. The highest BCUT2D eigenvalue weighted by Gasteiger charge is 2.25. The van der Waals surface area contributed by atoms with Crippen molar-refractivity contribution < 1.29 is 19.1 Å². The van der Waals surface area contributed by atoms with Crippen LogP contribution >= 0.6 is 0 Å². The van der Waals surface area contributed by atoms with Crippen LogP contribution in [-0.2, 0) is 20.9 Å². The van der Waals surface area contributed by atoms with Crippen LogP contribution in [0.3, 0.4) is 0 Å². The van der Waals surface area contributed by atoms with E-state index in [2.05, 4.69) is 22.2 Å². The number of carbonyl (C=O) groups excluding carboxylic acids is 3. The van der Waals surface area contributed by atoms with E-state index < -0.39 is 5.97 Å². The maximum atomic E-state index is 13.3. The van der Waals surface area contributed by atoms with Crippen LogP contribution in [0.5, 0.6) is 0 Å². The molecule has 0 spiro atoms. The Balaban J connectivity index is 1.71. The third kappa shape index (κ3) is 5.13. The average Bonchev–Trinajstić information content (AvgIpc) is 2.94. The van der Waals surface area contributed by atoms with Gasteiger partial charge in [0.2, 0.25) is 5.91 Å². The lowest BCUT2D eigenvalue weighted by Crippen LogP contribution is -2.32. The first-order valence-electron chi connectivity index (χ1n) is 10.1. The number of amides is 2. The van der Waals surface area contributed by atoms with Gasteiger partial charge in [-0.3, -0.25) is 14.4 Å². The van der Waals surface area contributed by atoms with Gasteiger partial charge in [0.15, 0.2) is 0 Å². The quantitative estimate of drug-likeness (QED) is 0.611. The summed E-state index contributed by atoms with van der Waals surface area (Å²) in [5.74, 6) is -0.902. The molecule has 0 atom stereocenters. The van der Waals surface area contributed by atoms with Crippen molar-refractivity contribution in [3.8, 4) is 0 Å². The van der Waals surface area contributed by atoms with Gasteiger partial charge in [-0.05, 0) is 61.8 Å². The van der Waals surface area contributed by atoms with E-state index in [0.717, 1.165) is 49.8 Å². The summed E-state index contributed by atoms with van der Waals surface area (Å²) < 4.78 is 4.49. The number of methoxy groups -OCH3 is 1. The zero-order chi connectivity index (χ0) is 20.8. The highest BCUT2D eigenvalue weighted by Crippen LogP contribution is 2.31. The molecule has 0 saturated carbocycles. The van der Waals surface area contributed by atoms with Crippen LogP contribution in [-0.4, -0.2) is 36.3 Å². The topological polar surface area (TPSA) is 75.7 Å². The summed E-state index contributed by atoms with van der Waals surface area (Å²) in [6, 6.07) is 5.61. The first-order chi connectivity index (χ1) is 14.0. The molecule has 0 bridgehead atoms. The fraction of sp³-hybridized carbons (Fsp3) is 0.435. The van der Waals surface area contributed by atoms with Crippen molar-refractivity contribution in [2.45, 2.75) is 52.0 Å². The zero-order valence-electron chi connectivity index (χ0n) is 17.1. The molecular weight excluding hydrogens is 368 g/mol. The van der Waals surface area contributed by atoms with Crippen LogP contribution in [0.15, 0.2) is 41.6 Å². The lowest BCUT2D eigenvalue weighted by molar-refractivity contribution is -0.143. The fourth-order valence-electron chi connectivity index (χ4n) is 3.87. The minimum atomic E-state index is -0.566. The summed E-state index contributed by atoms with van der Waals surface area (Å²) in [4.78, 5) is 38.2. The second kappa shape index (κ2) is 9.54. The first-order valence-corrected chi connectivity index (χ1v) is 10.1. The van der Waals surface area contributed by atoms with Crippen LogP contribution in [0, 0.1) is 6.92 Å². The van der Waals surface area contributed by atoms with Gasteiger partial charge in [-0.2, -0.15) is 0 Å². The molecule has 0 radical (unpaired) electrons. The number of rotatable bonds is 5. The van der Waals surface area contributed by atoms with Gasteiger partial charge in [0.05, 0.1) is 7.11 Å². The summed E-state index contributed by atoms with van der Waals surface area (Å²) >= 11 is 0. The molecule has 1 N–H and O–H groups in total. The molecule has 0 unspecified atom stereocenters. The average molecular weight is 396 g/mol. The third-order valence-electron chi connectivity index (χ3n) is 5.43. The highest BCUT2D eigenvalue weighted by molar-refractivity contribution is 5.97. The van der Waals surface area contributed by atoms with E-state index in [4.69, 9.17) is 0 Å². The molecule has 2 aliphatic rings. The molecule has 3 rings (SSSR count). The molecule has 0 saturated heterocycles. The van der Waals surface area contributed by atoms with E-state index in [1.807, 2.05) is 30.0 Å². The summed E-state index contributed by atoms with van der Waals surface area (Å²) in [6.07, 6.45) is 9.13. The van der Waals surface area contributed by atoms with Crippen LogP contribution in [0.4, 0.5) is 0 Å². The lowest BCUT2D eigenvalue weighted by Gasteiger charge is -2.28. The second-order valence-electron chi connectivity index (χ2n) is 7.51. The number of hydrogen-bond donors (Lipinski definition) is 1. The zero-order valence-corrected chi connectivity index (χ0v) is 17.1. The fourth-order valence-corrected chi connectivity index (χ4v) is 3.87. The SMILES string of the molecule is COC(=O)CC(=O)NCc1ccc(C(=O)N2CCCCC3=C2CCC=C3)c(C)c1. The van der Waals surface area contributed by atoms with E-state index in [1.165, 1.54) is 18.4 Å². The molecule has 6 heteroatoms. The van der Waals surface area contributed by atoms with E-state index >= 15 is 0 Å². The number of ether oxygens (including phenoxy) is 1. The van der Waals surface area contributed by atoms with Gasteiger partial charge < -0.3 is 15.0 Å². The Morgan fingerprint density at radius 1 is 1.17 bits per heavy atom. The number of carbonyl (C=O) groups is 3. The number of allylic oxidation sites excluding steroid dienone is 4. The molecule has 1 aromatic carbocycles. The normalized spacial score (nSPS) is 16.1. The molecule has 1 aromatic rings. The van der Waals surface area contributed by atoms with E-state index in [-0.39, 0.29) is 18.2 Å². The molecule has 0 aromatic heterocycles. The van der Waals surface area contributed by atoms with Crippen molar-refractivity contribution in [2.75, 3.05) is 13.7 Å². The summed E-state index contributed by atoms with van der Waals surface area (Å²) in [7, 11) is 1.25. The standard InChI is InChI=1S/C23H28N2O4/c1-16-13-17(15-24-21(26)14-22(27)29-2)10-11-19(16)23(28)25-12-6-5-8-18-7-3-4-9-20(18)25/h3,7,10-11,13H,4-6,8-9,12,14-15H2,1-2H3,(H,24,26). The van der Waals surface area contributed by atoms with Crippen molar-refractivity contribution in [1.82, 2.24) is 10.2 Å². The van der Waals surface area contributed by atoms with Gasteiger partial charge in [0.1, 0.15) is 6.42 Å². The second-order valence-corrected chi connectivity index (χ2v) is 7.51. The predicted octanol–water partition coefficient (Wildman–Crippen LogP) is 3.40. The smallest absolute Gasteiger partial charge is 0.315 e. The van der Waals surface area contributed by atoms with E-state index in [0.29, 0.717) is 12.1 Å². The van der Waals surface area contributed by atoms with Crippen LogP contribution < -0.4 is 5.32 Å². The van der Waals surface area contributed by atoms with Gasteiger partial charge in [0, 0.05) is 24.4 Å². The number of nitrogens with one attached hydrogen (secondary N) is 1. The summed E-state index contributed by atoms with van der Waals surface area (Å²) in [6.45, 7) is 2.98. The van der Waals surface area contributed by atoms with Gasteiger partial charge in [-0.1, -0.05) is 24.3 Å². The lowest BCUT2D eigenvalue weighted by atomic mass is 9.98. The Morgan fingerprint density at radius 2 is 2.00 bits per heavy atom. The van der Waals surface area contributed by atoms with Crippen LogP contribution in [0.25, 0.3) is 0 Å². The molecule has 2 amide bonds. The molecule has 1 aliphatic heterocycles. The van der Waals surface area contributed by atoms with Crippen molar-refractivity contribution >= 4 is 17.8 Å². The highest BCUT2D eigenvalue weighted by atomic mass is 16.5. The number of benzene rings is 1. The Morgan fingerprint density at radius 3 is 2.76 bits per heavy atom. The Hall–Kier alpha value is -2.89. The van der Waals surface area contributed by atoms with Gasteiger partial charge in [-0.15, -0.1) is 0 Å². The number of esters is 1. The monoisotopic (exact) mass is 396 g/mol. The molecule has 1 heterocycles. The summed E-state index contributed by atoms with van der Waals surface area (Å²) in [5.41, 5.74) is 4.93. The van der Waals surface area contributed by atoms with Crippen molar-refractivity contribution in [3.05, 3.63) is 58.3 Å². The molecule has 29 heavy (non-hydrogen) atoms. The van der Waals surface area contributed by atoms with Crippen molar-refractivity contribution in [2.24, 2.45) is 0 Å². The number of nitrogens with zero attached hydrogens (tertiary/aromatic N) is 1. The maximum Gasteiger partial charge on any atom is 0.315 e. The van der Waals surface area contributed by atoms with Gasteiger partial charge in [0.25, 0.3) is 5.91 Å². The molecule has 0 fully saturated rings. The Labute approximate surface area is 171 Å². The van der Waals surface area contributed by atoms with Gasteiger partial charge in [-0.25, -0.2) is 0 Å². The molecular formula is C23H28N2O4. The van der Waals surface area contributed by atoms with E-state index in [9.17, 15) is 14.4 Å². The van der Waals surface area contributed by atoms with Crippen molar-refractivity contribution in [1.29, 1.82) is 0 Å². The van der Waals surface area contributed by atoms with Crippen LogP contribution in [0.1, 0.15) is 60.0 Å². The predicted molar refractivity (Wildman–Crippen MR) is 110 cm³/mol. The molecule has 6 nitrogen and oxygen atoms in total. The third-order valence-corrected chi connectivity index (χ3v) is 5.43.